The molecule has 1 heterocycles. The monoisotopic (exact) mass is 381 g/mol. The lowest BCUT2D eigenvalue weighted by Gasteiger charge is -2.38. The number of esters is 1. The quantitative estimate of drug-likeness (QED) is 0.704. The van der Waals surface area contributed by atoms with Gasteiger partial charge in [-0.15, -0.1) is 0 Å². The number of para-hydroxylation sites is 1. The van der Waals surface area contributed by atoms with Crippen LogP contribution in [0, 0.1) is 0 Å². The maximum absolute atomic E-state index is 12.6. The van der Waals surface area contributed by atoms with E-state index < -0.39 is 5.97 Å². The number of likely N-dealkylation sites (tertiary alicyclic amines) is 1. The zero-order valence-electron chi connectivity index (χ0n) is 16.5. The van der Waals surface area contributed by atoms with E-state index in [1.807, 2.05) is 61.2 Å². The maximum Gasteiger partial charge on any atom is 0.339 e. The van der Waals surface area contributed by atoms with E-state index >= 15 is 0 Å². The molecule has 2 atom stereocenters. The van der Waals surface area contributed by atoms with Crippen molar-refractivity contribution >= 4 is 11.9 Å². The Morgan fingerprint density at radius 1 is 0.964 bits per heavy atom. The molecule has 3 rings (SSSR count). The van der Waals surface area contributed by atoms with Crippen molar-refractivity contribution in [3.63, 3.8) is 0 Å². The normalized spacial score (nSPS) is 19.1. The number of rotatable bonds is 6. The average Bonchev–Trinajstić information content (AvgIpc) is 2.71. The minimum Gasteiger partial charge on any atom is -0.489 e. The van der Waals surface area contributed by atoms with Crippen LogP contribution in [0.5, 0.6) is 5.75 Å². The molecule has 5 nitrogen and oxygen atoms in total. The Kier molecular flexibility index (Phi) is 6.69. The molecule has 0 aromatic heterocycles. The van der Waals surface area contributed by atoms with E-state index in [1.165, 1.54) is 0 Å². The minimum absolute atomic E-state index is 0.133. The predicted molar refractivity (Wildman–Crippen MR) is 107 cm³/mol. The van der Waals surface area contributed by atoms with Crippen LogP contribution in [0.1, 0.15) is 49.0 Å². The molecule has 0 bridgehead atoms. The van der Waals surface area contributed by atoms with Gasteiger partial charge in [-0.1, -0.05) is 36.4 Å². The highest BCUT2D eigenvalue weighted by atomic mass is 16.5. The highest BCUT2D eigenvalue weighted by Crippen LogP contribution is 2.23. The van der Waals surface area contributed by atoms with Crippen molar-refractivity contribution in [2.24, 2.45) is 0 Å². The lowest BCUT2D eigenvalue weighted by molar-refractivity contribution is -0.140. The van der Waals surface area contributed by atoms with Crippen LogP contribution < -0.4 is 4.74 Å². The van der Waals surface area contributed by atoms with Crippen molar-refractivity contribution < 1.29 is 19.1 Å². The molecule has 1 fully saturated rings. The first-order valence-electron chi connectivity index (χ1n) is 9.80. The first-order valence-corrected chi connectivity index (χ1v) is 9.80. The number of carbonyl (C=O) groups excluding carboxylic acids is 2. The zero-order valence-corrected chi connectivity index (χ0v) is 16.5. The Bertz CT molecular complexity index is 795. The molecule has 1 aliphatic heterocycles. The van der Waals surface area contributed by atoms with Crippen molar-refractivity contribution in [2.75, 3.05) is 6.61 Å². The summed E-state index contributed by atoms with van der Waals surface area (Å²) < 4.78 is 11.1. The Morgan fingerprint density at radius 3 is 2.32 bits per heavy atom. The summed E-state index contributed by atoms with van der Waals surface area (Å²) in [7, 11) is 0. The van der Waals surface area contributed by atoms with Gasteiger partial charge in [0.25, 0.3) is 5.91 Å². The fourth-order valence-corrected chi connectivity index (χ4v) is 3.72. The minimum atomic E-state index is -0.502. The van der Waals surface area contributed by atoms with Crippen LogP contribution in [-0.2, 0) is 16.1 Å². The van der Waals surface area contributed by atoms with Gasteiger partial charge in [-0.05, 0) is 51.3 Å². The van der Waals surface area contributed by atoms with Gasteiger partial charge in [0, 0.05) is 17.6 Å². The van der Waals surface area contributed by atoms with Gasteiger partial charge in [-0.3, -0.25) is 4.79 Å². The highest BCUT2D eigenvalue weighted by molar-refractivity contribution is 5.92. The number of hydrogen-bond acceptors (Lipinski definition) is 4. The summed E-state index contributed by atoms with van der Waals surface area (Å²) in [4.78, 5) is 27.0. The van der Waals surface area contributed by atoms with Gasteiger partial charge >= 0.3 is 5.97 Å². The largest absolute Gasteiger partial charge is 0.489 e. The van der Waals surface area contributed by atoms with E-state index in [2.05, 4.69) is 0 Å². The smallest absolute Gasteiger partial charge is 0.339 e. The molecule has 0 spiro atoms. The second-order valence-electron chi connectivity index (χ2n) is 7.26. The van der Waals surface area contributed by atoms with Crippen LogP contribution in [0.3, 0.4) is 0 Å². The van der Waals surface area contributed by atoms with Crippen LogP contribution in [0.4, 0.5) is 0 Å². The molecule has 1 aliphatic rings. The molecule has 5 heteroatoms. The summed E-state index contributed by atoms with van der Waals surface area (Å²) >= 11 is 0. The van der Waals surface area contributed by atoms with Crippen molar-refractivity contribution in [3.05, 3.63) is 65.7 Å². The molecular formula is C23H27NO4. The van der Waals surface area contributed by atoms with Crippen molar-refractivity contribution in [1.29, 1.82) is 0 Å². The Labute approximate surface area is 166 Å². The fraction of sp³-hybridized carbons (Fsp3) is 0.391. The molecular weight excluding hydrogens is 354 g/mol. The van der Waals surface area contributed by atoms with Gasteiger partial charge in [-0.2, -0.15) is 0 Å². The van der Waals surface area contributed by atoms with E-state index in [1.54, 1.807) is 12.1 Å². The first-order chi connectivity index (χ1) is 13.6. The van der Waals surface area contributed by atoms with Gasteiger partial charge in [-0.25, -0.2) is 4.79 Å². The summed E-state index contributed by atoms with van der Waals surface area (Å²) in [5.41, 5.74) is 1.15. The summed E-state index contributed by atoms with van der Waals surface area (Å²) in [5.74, 6) is 0.0953. The van der Waals surface area contributed by atoms with E-state index in [9.17, 15) is 9.59 Å². The lowest BCUT2D eigenvalue weighted by Crippen LogP contribution is -2.49. The molecule has 2 unspecified atom stereocenters. The van der Waals surface area contributed by atoms with Gasteiger partial charge < -0.3 is 14.4 Å². The molecule has 0 aliphatic carbocycles. The fourth-order valence-electron chi connectivity index (χ4n) is 3.72. The SMILES string of the molecule is CC1CCCC(C)N1C(=O)COC(=O)c1ccccc1COc1ccccc1. The number of ether oxygens (including phenoxy) is 2. The summed E-state index contributed by atoms with van der Waals surface area (Å²) in [5, 5.41) is 0. The lowest BCUT2D eigenvalue weighted by atomic mass is 9.97. The van der Waals surface area contributed by atoms with Crippen molar-refractivity contribution in [2.45, 2.75) is 51.8 Å². The Morgan fingerprint density at radius 2 is 1.61 bits per heavy atom. The van der Waals surface area contributed by atoms with Crippen LogP contribution >= 0.6 is 0 Å². The summed E-state index contributed by atoms with van der Waals surface area (Å²) in [6.45, 7) is 4.11. The average molecular weight is 381 g/mol. The van der Waals surface area contributed by atoms with Gasteiger partial charge in [0.15, 0.2) is 6.61 Å². The Balaban J connectivity index is 1.60. The zero-order chi connectivity index (χ0) is 19.9. The number of amides is 1. The van der Waals surface area contributed by atoms with Gasteiger partial charge in [0.05, 0.1) is 5.56 Å². The molecule has 1 amide bonds. The van der Waals surface area contributed by atoms with E-state index in [-0.39, 0.29) is 31.2 Å². The van der Waals surface area contributed by atoms with Gasteiger partial charge in [0.2, 0.25) is 0 Å². The van der Waals surface area contributed by atoms with Crippen LogP contribution in [-0.4, -0.2) is 35.5 Å². The van der Waals surface area contributed by atoms with E-state index in [4.69, 9.17) is 9.47 Å². The number of piperidine rings is 1. The number of nitrogens with zero attached hydrogens (tertiary/aromatic N) is 1. The Hall–Kier alpha value is -2.82. The highest BCUT2D eigenvalue weighted by Gasteiger charge is 2.29. The van der Waals surface area contributed by atoms with Gasteiger partial charge in [0.1, 0.15) is 12.4 Å². The third-order valence-electron chi connectivity index (χ3n) is 5.18. The van der Waals surface area contributed by atoms with Crippen molar-refractivity contribution in [1.82, 2.24) is 4.90 Å². The molecule has 0 N–H and O–H groups in total. The molecule has 28 heavy (non-hydrogen) atoms. The number of carbonyl (C=O) groups is 2. The third kappa shape index (κ3) is 4.91. The molecule has 148 valence electrons. The van der Waals surface area contributed by atoms with Crippen LogP contribution in [0.25, 0.3) is 0 Å². The summed E-state index contributed by atoms with van der Waals surface area (Å²) in [6.07, 6.45) is 3.11. The maximum atomic E-state index is 12.6. The molecule has 0 radical (unpaired) electrons. The molecule has 0 saturated carbocycles. The van der Waals surface area contributed by atoms with E-state index in [0.717, 1.165) is 30.6 Å². The first kappa shape index (κ1) is 19.9. The predicted octanol–water partition coefficient (Wildman–Crippen LogP) is 4.21. The van der Waals surface area contributed by atoms with Crippen LogP contribution in [0.15, 0.2) is 54.6 Å². The number of benzene rings is 2. The second-order valence-corrected chi connectivity index (χ2v) is 7.26. The van der Waals surface area contributed by atoms with Crippen molar-refractivity contribution in [3.8, 4) is 5.75 Å². The standard InChI is InChI=1S/C23H27NO4/c1-17-9-8-10-18(2)24(17)22(25)16-28-23(26)21-14-7-6-11-19(21)15-27-20-12-4-3-5-13-20/h3-7,11-14,17-18H,8-10,15-16H2,1-2H3. The summed E-state index contributed by atoms with van der Waals surface area (Å²) in [6, 6.07) is 16.9. The molecule has 2 aromatic rings. The second kappa shape index (κ2) is 9.40. The molecule has 1 saturated heterocycles. The molecule has 2 aromatic carbocycles. The van der Waals surface area contributed by atoms with E-state index in [0.29, 0.717) is 5.56 Å². The van der Waals surface area contributed by atoms with Crippen LogP contribution in [0.2, 0.25) is 0 Å². The number of hydrogen-bond donors (Lipinski definition) is 0. The third-order valence-corrected chi connectivity index (χ3v) is 5.18. The topological polar surface area (TPSA) is 55.8 Å².